The van der Waals surface area contributed by atoms with Gasteiger partial charge in [-0.25, -0.2) is 0 Å². The van der Waals surface area contributed by atoms with Gasteiger partial charge >= 0.3 is 0 Å². The molecule has 4 heteroatoms. The zero-order valence-corrected chi connectivity index (χ0v) is 12.7. The van der Waals surface area contributed by atoms with Gasteiger partial charge in [-0.1, -0.05) is 31.4 Å². The van der Waals surface area contributed by atoms with Crippen LogP contribution in [-0.2, 0) is 11.2 Å². The van der Waals surface area contributed by atoms with Crippen LogP contribution in [0.3, 0.4) is 0 Å². The van der Waals surface area contributed by atoms with E-state index in [4.69, 9.17) is 5.73 Å². The average Bonchev–Trinajstić information content (AvgIpc) is 2.50. The molecule has 0 aliphatic heterocycles. The molecule has 1 amide bonds. The van der Waals surface area contributed by atoms with Crippen LogP contribution in [0.5, 0.6) is 5.75 Å². The Balaban J connectivity index is 1.82. The van der Waals surface area contributed by atoms with Gasteiger partial charge in [-0.05, 0) is 49.8 Å². The first-order valence-corrected chi connectivity index (χ1v) is 7.90. The van der Waals surface area contributed by atoms with Crippen LogP contribution in [0.4, 0.5) is 0 Å². The van der Waals surface area contributed by atoms with Gasteiger partial charge in [0.05, 0.1) is 6.04 Å². The highest BCUT2D eigenvalue weighted by Gasteiger charge is 2.23. The molecule has 116 valence electrons. The van der Waals surface area contributed by atoms with E-state index in [1.807, 2.05) is 0 Å². The number of nitrogens with two attached hydrogens (primary N) is 1. The third-order valence-electron chi connectivity index (χ3n) is 4.46. The predicted octanol–water partition coefficient (Wildman–Crippen LogP) is 2.35. The maximum absolute atomic E-state index is 12.2. The van der Waals surface area contributed by atoms with Crippen molar-refractivity contribution >= 4 is 5.91 Å². The van der Waals surface area contributed by atoms with E-state index in [-0.39, 0.29) is 17.7 Å². The second-order valence-electron chi connectivity index (χ2n) is 6.17. The fourth-order valence-electron chi connectivity index (χ4n) is 3.06. The summed E-state index contributed by atoms with van der Waals surface area (Å²) in [6.45, 7) is 2.08. The molecular formula is C17H26N2O2. The Bertz CT molecular complexity index is 452. The van der Waals surface area contributed by atoms with Gasteiger partial charge in [0.1, 0.15) is 5.75 Å². The highest BCUT2D eigenvalue weighted by molar-refractivity contribution is 5.82. The van der Waals surface area contributed by atoms with Crippen LogP contribution in [0.25, 0.3) is 0 Å². The molecule has 1 aliphatic carbocycles. The molecule has 1 aromatic carbocycles. The molecule has 1 saturated carbocycles. The maximum atomic E-state index is 12.2. The Labute approximate surface area is 126 Å². The molecular weight excluding hydrogens is 264 g/mol. The van der Waals surface area contributed by atoms with Crippen LogP contribution >= 0.6 is 0 Å². The van der Waals surface area contributed by atoms with E-state index in [1.165, 1.54) is 32.1 Å². The fourth-order valence-corrected chi connectivity index (χ4v) is 3.06. The molecule has 0 radical (unpaired) electrons. The quantitative estimate of drug-likeness (QED) is 0.779. The number of amides is 1. The van der Waals surface area contributed by atoms with Gasteiger partial charge in [0.2, 0.25) is 5.91 Å². The van der Waals surface area contributed by atoms with E-state index in [1.54, 1.807) is 24.3 Å². The third-order valence-corrected chi connectivity index (χ3v) is 4.46. The average molecular weight is 290 g/mol. The van der Waals surface area contributed by atoms with Gasteiger partial charge in [0.15, 0.2) is 0 Å². The van der Waals surface area contributed by atoms with Crippen molar-refractivity contribution in [2.75, 3.05) is 0 Å². The Kier molecular flexibility index (Phi) is 5.62. The molecule has 1 aromatic rings. The molecule has 0 aromatic heterocycles. The van der Waals surface area contributed by atoms with E-state index in [0.717, 1.165) is 5.56 Å². The van der Waals surface area contributed by atoms with Crippen molar-refractivity contribution in [3.63, 3.8) is 0 Å². The summed E-state index contributed by atoms with van der Waals surface area (Å²) in [4.78, 5) is 12.2. The largest absolute Gasteiger partial charge is 0.508 e. The normalized spacial score (nSPS) is 19.0. The first-order chi connectivity index (χ1) is 10.1. The van der Waals surface area contributed by atoms with E-state index in [0.29, 0.717) is 12.3 Å². The SMILES string of the molecule is C[C@@H](NC(=O)[C@H](N)Cc1ccc(O)cc1)C1CCCCC1. The lowest BCUT2D eigenvalue weighted by Crippen LogP contribution is -2.48. The van der Waals surface area contributed by atoms with Gasteiger partial charge < -0.3 is 16.2 Å². The molecule has 4 nitrogen and oxygen atoms in total. The summed E-state index contributed by atoms with van der Waals surface area (Å²) in [6.07, 6.45) is 6.75. The lowest BCUT2D eigenvalue weighted by Gasteiger charge is -2.29. The Morgan fingerprint density at radius 2 is 1.90 bits per heavy atom. The molecule has 1 aliphatic rings. The Morgan fingerprint density at radius 1 is 1.29 bits per heavy atom. The summed E-state index contributed by atoms with van der Waals surface area (Å²) in [5.41, 5.74) is 6.95. The van der Waals surface area contributed by atoms with Gasteiger partial charge in [-0.3, -0.25) is 4.79 Å². The molecule has 2 rings (SSSR count). The first kappa shape index (κ1) is 15.8. The zero-order chi connectivity index (χ0) is 15.2. The van der Waals surface area contributed by atoms with Crippen LogP contribution < -0.4 is 11.1 Å². The number of nitrogens with one attached hydrogen (secondary N) is 1. The molecule has 0 bridgehead atoms. The highest BCUT2D eigenvalue weighted by atomic mass is 16.3. The summed E-state index contributed by atoms with van der Waals surface area (Å²) in [7, 11) is 0. The van der Waals surface area contributed by atoms with Gasteiger partial charge in [-0.2, -0.15) is 0 Å². The standard InChI is InChI=1S/C17H26N2O2/c1-12(14-5-3-2-4-6-14)19-17(21)16(18)11-13-7-9-15(20)10-8-13/h7-10,12,14,16,20H,2-6,11,18H2,1H3,(H,19,21)/t12-,16-/m1/s1. The summed E-state index contributed by atoms with van der Waals surface area (Å²) >= 11 is 0. The number of rotatable bonds is 5. The van der Waals surface area contributed by atoms with Crippen molar-refractivity contribution in [2.45, 2.75) is 57.5 Å². The van der Waals surface area contributed by atoms with Crippen LogP contribution in [0.15, 0.2) is 24.3 Å². The van der Waals surface area contributed by atoms with Crippen LogP contribution in [0.2, 0.25) is 0 Å². The van der Waals surface area contributed by atoms with Crippen molar-refractivity contribution in [1.29, 1.82) is 0 Å². The van der Waals surface area contributed by atoms with E-state index in [2.05, 4.69) is 12.2 Å². The minimum atomic E-state index is -0.541. The molecule has 0 saturated heterocycles. The number of aromatic hydroxyl groups is 1. The monoisotopic (exact) mass is 290 g/mol. The van der Waals surface area contributed by atoms with Gasteiger partial charge in [0, 0.05) is 6.04 Å². The smallest absolute Gasteiger partial charge is 0.237 e. The van der Waals surface area contributed by atoms with Gasteiger partial charge in [-0.15, -0.1) is 0 Å². The Morgan fingerprint density at radius 3 is 2.52 bits per heavy atom. The number of carbonyl (C=O) groups excluding carboxylic acids is 1. The van der Waals surface area contributed by atoms with Gasteiger partial charge in [0.25, 0.3) is 0 Å². The summed E-state index contributed by atoms with van der Waals surface area (Å²) in [5.74, 6) is 0.729. The van der Waals surface area contributed by atoms with E-state index < -0.39 is 6.04 Å². The number of phenols is 1. The number of carbonyl (C=O) groups is 1. The molecule has 1 fully saturated rings. The van der Waals surface area contributed by atoms with E-state index in [9.17, 15) is 9.90 Å². The lowest BCUT2D eigenvalue weighted by molar-refractivity contribution is -0.123. The van der Waals surface area contributed by atoms with Crippen molar-refractivity contribution in [2.24, 2.45) is 11.7 Å². The second-order valence-corrected chi connectivity index (χ2v) is 6.17. The molecule has 2 atom stereocenters. The van der Waals surface area contributed by atoms with Crippen LogP contribution in [0.1, 0.15) is 44.6 Å². The molecule has 4 N–H and O–H groups in total. The highest BCUT2D eigenvalue weighted by Crippen LogP contribution is 2.26. The molecule has 0 unspecified atom stereocenters. The van der Waals surface area contributed by atoms with E-state index >= 15 is 0 Å². The molecule has 21 heavy (non-hydrogen) atoms. The second kappa shape index (κ2) is 7.46. The fraction of sp³-hybridized carbons (Fsp3) is 0.588. The van der Waals surface area contributed by atoms with Crippen molar-refractivity contribution in [3.05, 3.63) is 29.8 Å². The van der Waals surface area contributed by atoms with Crippen LogP contribution in [-0.4, -0.2) is 23.1 Å². The summed E-state index contributed by atoms with van der Waals surface area (Å²) < 4.78 is 0. The molecule has 0 spiro atoms. The number of hydrogen-bond acceptors (Lipinski definition) is 3. The number of hydrogen-bond donors (Lipinski definition) is 3. The first-order valence-electron chi connectivity index (χ1n) is 7.90. The van der Waals surface area contributed by atoms with Crippen molar-refractivity contribution in [3.8, 4) is 5.75 Å². The maximum Gasteiger partial charge on any atom is 0.237 e. The third kappa shape index (κ3) is 4.74. The van der Waals surface area contributed by atoms with Crippen molar-refractivity contribution in [1.82, 2.24) is 5.32 Å². The minimum absolute atomic E-state index is 0.0823. The topological polar surface area (TPSA) is 75.4 Å². The zero-order valence-electron chi connectivity index (χ0n) is 12.7. The summed E-state index contributed by atoms with van der Waals surface area (Å²) in [5, 5.41) is 12.3. The Hall–Kier alpha value is -1.55. The molecule has 0 heterocycles. The number of benzene rings is 1. The predicted molar refractivity (Wildman–Crippen MR) is 84.0 cm³/mol. The number of phenolic OH excluding ortho intramolecular Hbond substituents is 1. The van der Waals surface area contributed by atoms with Crippen molar-refractivity contribution < 1.29 is 9.90 Å². The van der Waals surface area contributed by atoms with Crippen LogP contribution in [0, 0.1) is 5.92 Å². The lowest BCUT2D eigenvalue weighted by atomic mass is 9.84. The summed E-state index contributed by atoms with van der Waals surface area (Å²) in [6, 6.07) is 6.49. The minimum Gasteiger partial charge on any atom is -0.508 e.